The van der Waals surface area contributed by atoms with Gasteiger partial charge in [0.25, 0.3) is 5.56 Å². The number of thiophene rings is 1. The Morgan fingerprint density at radius 1 is 1.03 bits per heavy atom. The van der Waals surface area contributed by atoms with Crippen molar-refractivity contribution < 1.29 is 0 Å². The summed E-state index contributed by atoms with van der Waals surface area (Å²) in [7, 11) is 0. The Kier molecular flexibility index (Phi) is 5.01. The van der Waals surface area contributed by atoms with E-state index in [1.54, 1.807) is 10.8 Å². The number of hydrogen-bond donors (Lipinski definition) is 1. The van der Waals surface area contributed by atoms with Gasteiger partial charge in [-0.2, -0.15) is 0 Å². The van der Waals surface area contributed by atoms with Gasteiger partial charge in [0.15, 0.2) is 0 Å². The average Bonchev–Trinajstić information content (AvgIpc) is 3.31. The molecule has 0 amide bonds. The summed E-state index contributed by atoms with van der Waals surface area (Å²) in [6.07, 6.45) is 7.43. The van der Waals surface area contributed by atoms with Crippen LogP contribution in [0, 0.1) is 0 Å². The quantitative estimate of drug-likeness (QED) is 0.448. The average molecular weight is 463 g/mol. The van der Waals surface area contributed by atoms with Gasteiger partial charge in [-0.3, -0.25) is 9.36 Å². The Morgan fingerprint density at radius 2 is 1.88 bits per heavy atom. The third kappa shape index (κ3) is 3.83. The van der Waals surface area contributed by atoms with Crippen LogP contribution in [0.1, 0.15) is 19.3 Å². The maximum absolute atomic E-state index is 13.2. The van der Waals surface area contributed by atoms with Crippen molar-refractivity contribution in [3.8, 4) is 16.1 Å². The number of halogens is 1. The van der Waals surface area contributed by atoms with Crippen molar-refractivity contribution in [2.24, 2.45) is 0 Å². The van der Waals surface area contributed by atoms with Crippen LogP contribution < -0.4 is 15.8 Å². The fourth-order valence-electron chi connectivity index (χ4n) is 4.38. The number of fused-ring (bicyclic) bond motifs is 1. The zero-order valence-corrected chi connectivity index (χ0v) is 19.1. The molecule has 32 heavy (non-hydrogen) atoms. The summed E-state index contributed by atoms with van der Waals surface area (Å²) < 4.78 is 2.43. The Hall–Kier alpha value is -2.67. The molecule has 3 aromatic heterocycles. The summed E-state index contributed by atoms with van der Waals surface area (Å²) in [5.74, 6) is 0.976. The summed E-state index contributed by atoms with van der Waals surface area (Å²) in [5.41, 5.74) is 1.83. The zero-order valence-electron chi connectivity index (χ0n) is 17.5. The number of anilines is 1. The molecular weight excluding hydrogens is 440 g/mol. The number of rotatable bonds is 5. The lowest BCUT2D eigenvalue weighted by atomic mass is 10.2. The van der Waals surface area contributed by atoms with Gasteiger partial charge < -0.3 is 10.2 Å². The second-order valence-electron chi connectivity index (χ2n) is 8.64. The fraction of sp³-hybridized carbons (Fsp3) is 0.280. The Balaban J connectivity index is 1.26. The highest BCUT2D eigenvalue weighted by atomic mass is 35.5. The highest BCUT2D eigenvalue weighted by Gasteiger charge is 2.29. The first-order valence-corrected chi connectivity index (χ1v) is 12.2. The van der Waals surface area contributed by atoms with Crippen molar-refractivity contribution in [1.29, 1.82) is 0 Å². The molecule has 2 aliphatic rings. The van der Waals surface area contributed by atoms with Crippen LogP contribution in [0.2, 0.25) is 5.02 Å². The van der Waals surface area contributed by atoms with Gasteiger partial charge in [0.2, 0.25) is 0 Å². The molecule has 1 saturated carbocycles. The minimum absolute atomic E-state index is 0.0165. The van der Waals surface area contributed by atoms with E-state index in [2.05, 4.69) is 21.3 Å². The van der Waals surface area contributed by atoms with Crippen LogP contribution in [-0.4, -0.2) is 34.7 Å². The Bertz CT molecular complexity index is 1330. The SMILES string of the molecule is O=c1c2sc(-c3ccc(Cl)cc3)cc2ccn1-c1ccc(N2CCC(NC3CC3)C2)nc1. The molecule has 0 spiro atoms. The summed E-state index contributed by atoms with van der Waals surface area (Å²) in [6.45, 7) is 2.02. The maximum atomic E-state index is 13.2. The largest absolute Gasteiger partial charge is 0.355 e. The van der Waals surface area contributed by atoms with Gasteiger partial charge in [0.05, 0.1) is 11.9 Å². The highest BCUT2D eigenvalue weighted by molar-refractivity contribution is 7.22. The van der Waals surface area contributed by atoms with Crippen LogP contribution in [0.3, 0.4) is 0 Å². The lowest BCUT2D eigenvalue weighted by Gasteiger charge is -2.18. The van der Waals surface area contributed by atoms with E-state index in [0.29, 0.717) is 11.1 Å². The predicted octanol–water partition coefficient (Wildman–Crippen LogP) is 5.10. The lowest BCUT2D eigenvalue weighted by molar-refractivity contribution is 0.548. The number of pyridine rings is 2. The topological polar surface area (TPSA) is 50.2 Å². The Morgan fingerprint density at radius 3 is 2.62 bits per heavy atom. The fourth-order valence-corrected chi connectivity index (χ4v) is 5.60. The summed E-state index contributed by atoms with van der Waals surface area (Å²) in [6, 6.07) is 17.1. The lowest BCUT2D eigenvalue weighted by Crippen LogP contribution is -2.34. The molecule has 4 aromatic rings. The van der Waals surface area contributed by atoms with E-state index in [4.69, 9.17) is 11.6 Å². The third-order valence-electron chi connectivity index (χ3n) is 6.28. The zero-order chi connectivity index (χ0) is 21.7. The first-order valence-electron chi connectivity index (χ1n) is 11.0. The van der Waals surface area contributed by atoms with E-state index in [9.17, 15) is 4.79 Å². The van der Waals surface area contributed by atoms with E-state index in [1.807, 2.05) is 48.7 Å². The summed E-state index contributed by atoms with van der Waals surface area (Å²) in [4.78, 5) is 21.3. The molecule has 1 aromatic carbocycles. The Labute approximate surface area is 195 Å². The van der Waals surface area contributed by atoms with Crippen molar-refractivity contribution >= 4 is 38.8 Å². The number of aromatic nitrogens is 2. The van der Waals surface area contributed by atoms with E-state index >= 15 is 0 Å². The molecule has 1 aliphatic carbocycles. The van der Waals surface area contributed by atoms with Gasteiger partial charge in [-0.1, -0.05) is 23.7 Å². The van der Waals surface area contributed by atoms with E-state index in [1.165, 1.54) is 24.2 Å². The molecule has 5 nitrogen and oxygen atoms in total. The molecule has 7 heteroatoms. The molecule has 0 radical (unpaired) electrons. The van der Waals surface area contributed by atoms with E-state index in [-0.39, 0.29) is 5.56 Å². The number of nitrogens with zero attached hydrogens (tertiary/aromatic N) is 3. The number of benzene rings is 1. The molecule has 1 aliphatic heterocycles. The number of nitrogens with one attached hydrogen (secondary N) is 1. The number of hydrogen-bond acceptors (Lipinski definition) is 5. The van der Waals surface area contributed by atoms with Crippen molar-refractivity contribution in [1.82, 2.24) is 14.9 Å². The van der Waals surface area contributed by atoms with Crippen LogP contribution >= 0.6 is 22.9 Å². The standard InChI is InChI=1S/C25H23ClN4OS/c26-18-3-1-16(2-4-18)22-13-17-9-12-30(25(31)24(17)32-22)21-7-8-23(27-14-21)29-11-10-20(15-29)28-19-5-6-19/h1-4,7-9,12-14,19-20,28H,5-6,10-11,15H2. The summed E-state index contributed by atoms with van der Waals surface area (Å²) in [5, 5.41) is 5.37. The summed E-state index contributed by atoms with van der Waals surface area (Å²) >= 11 is 7.52. The van der Waals surface area contributed by atoms with Crippen molar-refractivity contribution in [3.05, 3.63) is 76.3 Å². The van der Waals surface area contributed by atoms with Gasteiger partial charge >= 0.3 is 0 Å². The van der Waals surface area contributed by atoms with Gasteiger partial charge in [0, 0.05) is 46.7 Å². The van der Waals surface area contributed by atoms with Crippen LogP contribution in [0.4, 0.5) is 5.82 Å². The molecule has 162 valence electrons. The van der Waals surface area contributed by atoms with Gasteiger partial charge in [-0.25, -0.2) is 4.98 Å². The molecule has 2 fully saturated rings. The first kappa shape index (κ1) is 20.0. The monoisotopic (exact) mass is 462 g/mol. The van der Waals surface area contributed by atoms with Crippen molar-refractivity contribution in [2.45, 2.75) is 31.3 Å². The predicted molar refractivity (Wildman–Crippen MR) is 132 cm³/mol. The first-order chi connectivity index (χ1) is 15.6. The molecule has 6 rings (SSSR count). The second-order valence-corrected chi connectivity index (χ2v) is 10.1. The highest BCUT2D eigenvalue weighted by Crippen LogP contribution is 2.32. The third-order valence-corrected chi connectivity index (χ3v) is 7.72. The van der Waals surface area contributed by atoms with E-state index in [0.717, 1.165) is 57.6 Å². The molecular formula is C25H23ClN4OS. The maximum Gasteiger partial charge on any atom is 0.273 e. The molecule has 4 heterocycles. The van der Waals surface area contributed by atoms with Crippen molar-refractivity contribution in [2.75, 3.05) is 18.0 Å². The molecule has 0 bridgehead atoms. The molecule has 1 N–H and O–H groups in total. The minimum atomic E-state index is -0.0165. The van der Waals surface area contributed by atoms with Crippen LogP contribution in [-0.2, 0) is 0 Å². The molecule has 1 atom stereocenters. The second kappa shape index (κ2) is 8.03. The van der Waals surface area contributed by atoms with E-state index < -0.39 is 0 Å². The van der Waals surface area contributed by atoms with Crippen LogP contribution in [0.15, 0.2) is 65.7 Å². The molecule has 1 saturated heterocycles. The molecule has 1 unspecified atom stereocenters. The smallest absolute Gasteiger partial charge is 0.273 e. The van der Waals surface area contributed by atoms with Gasteiger partial charge in [-0.05, 0) is 61.2 Å². The van der Waals surface area contributed by atoms with Crippen LogP contribution in [0.25, 0.3) is 26.2 Å². The van der Waals surface area contributed by atoms with Gasteiger partial charge in [-0.15, -0.1) is 11.3 Å². The normalized spacial score (nSPS) is 18.5. The minimum Gasteiger partial charge on any atom is -0.355 e. The van der Waals surface area contributed by atoms with Gasteiger partial charge in [0.1, 0.15) is 10.5 Å². The van der Waals surface area contributed by atoms with Crippen molar-refractivity contribution in [3.63, 3.8) is 0 Å². The van der Waals surface area contributed by atoms with Crippen LogP contribution in [0.5, 0.6) is 0 Å².